The largest absolute Gasteiger partial charge is 0.487 e. The second kappa shape index (κ2) is 10.4. The van der Waals surface area contributed by atoms with Crippen LogP contribution in [-0.4, -0.2) is 29.4 Å². The normalized spacial score (nSPS) is 21.8. The van der Waals surface area contributed by atoms with Gasteiger partial charge in [-0.3, -0.25) is 9.69 Å². The molecule has 0 radical (unpaired) electrons. The van der Waals surface area contributed by atoms with Gasteiger partial charge < -0.3 is 4.74 Å². The van der Waals surface area contributed by atoms with Crippen molar-refractivity contribution in [3.05, 3.63) is 64.2 Å². The zero-order valence-corrected chi connectivity index (χ0v) is 23.0. The molecule has 1 spiro atoms. The Morgan fingerprint density at radius 2 is 1.62 bits per heavy atom. The molecule has 3 atom stereocenters. The summed E-state index contributed by atoms with van der Waals surface area (Å²) in [5.74, 6) is 1.55. The first-order valence-electron chi connectivity index (χ1n) is 14.0. The first-order chi connectivity index (χ1) is 18.7. The quantitative estimate of drug-likeness (QED) is 0.329. The molecule has 2 aromatic carbocycles. The van der Waals surface area contributed by atoms with Crippen LogP contribution >= 0.6 is 0 Å². The van der Waals surface area contributed by atoms with Gasteiger partial charge in [-0.2, -0.15) is 26.3 Å². The van der Waals surface area contributed by atoms with Crippen molar-refractivity contribution in [3.8, 4) is 5.75 Å². The van der Waals surface area contributed by atoms with Crippen LogP contribution < -0.4 is 4.74 Å². The van der Waals surface area contributed by atoms with Gasteiger partial charge in [0.1, 0.15) is 17.1 Å². The highest BCUT2D eigenvalue weighted by Gasteiger charge is 2.44. The van der Waals surface area contributed by atoms with E-state index < -0.39 is 35.1 Å². The van der Waals surface area contributed by atoms with Crippen molar-refractivity contribution >= 4 is 5.78 Å². The molecule has 3 nitrogen and oxygen atoms in total. The van der Waals surface area contributed by atoms with Crippen LogP contribution in [0.25, 0.3) is 0 Å². The van der Waals surface area contributed by atoms with Gasteiger partial charge in [0, 0.05) is 25.0 Å². The van der Waals surface area contributed by atoms with E-state index in [1.807, 2.05) is 11.8 Å². The molecule has 0 unspecified atom stereocenters. The van der Waals surface area contributed by atoms with Crippen LogP contribution in [0.3, 0.4) is 0 Å². The van der Waals surface area contributed by atoms with E-state index in [2.05, 4.69) is 18.2 Å². The van der Waals surface area contributed by atoms with Gasteiger partial charge >= 0.3 is 12.4 Å². The molecule has 3 aliphatic rings. The van der Waals surface area contributed by atoms with Gasteiger partial charge in [-0.1, -0.05) is 19.1 Å². The SMILES string of the molecule is CC(=O)[C@@H](C)[C@H](c1ccc2c(c1)OC1(CC2)CCN([C@@H](C)c2cc(C(F)(F)F)ccc2C(F)(F)F)CC1)C1CC1. The van der Waals surface area contributed by atoms with Gasteiger partial charge in [0.2, 0.25) is 0 Å². The topological polar surface area (TPSA) is 29.5 Å². The van der Waals surface area contributed by atoms with Crippen molar-refractivity contribution in [1.82, 2.24) is 4.90 Å². The Labute approximate surface area is 230 Å². The van der Waals surface area contributed by atoms with Gasteiger partial charge in [0.15, 0.2) is 0 Å². The van der Waals surface area contributed by atoms with Gasteiger partial charge in [0.25, 0.3) is 0 Å². The Morgan fingerprint density at radius 3 is 2.20 bits per heavy atom. The van der Waals surface area contributed by atoms with E-state index >= 15 is 0 Å². The number of Topliss-reactive ketones (excluding diaryl/α,β-unsaturated/α-hetero) is 1. The van der Waals surface area contributed by atoms with E-state index in [0.29, 0.717) is 50.0 Å². The van der Waals surface area contributed by atoms with Crippen LogP contribution in [0, 0.1) is 11.8 Å². The van der Waals surface area contributed by atoms with Crippen LogP contribution in [-0.2, 0) is 23.6 Å². The van der Waals surface area contributed by atoms with Crippen LogP contribution in [0.2, 0.25) is 0 Å². The van der Waals surface area contributed by atoms with E-state index in [1.165, 1.54) is 0 Å². The molecule has 0 N–H and O–H groups in total. The number of piperidine rings is 1. The number of halogens is 6. The Bertz CT molecular complexity index is 1260. The van der Waals surface area contributed by atoms with Gasteiger partial charge in [0.05, 0.1) is 11.1 Å². The minimum atomic E-state index is -4.75. The summed E-state index contributed by atoms with van der Waals surface area (Å²) >= 11 is 0. The number of likely N-dealkylation sites (tertiary alicyclic amines) is 1. The third-order valence-electron chi connectivity index (χ3n) is 9.35. The Hall–Kier alpha value is -2.55. The second-order valence-electron chi connectivity index (χ2n) is 11.9. The van der Waals surface area contributed by atoms with Crippen molar-refractivity contribution in [1.29, 1.82) is 0 Å². The van der Waals surface area contributed by atoms with E-state index in [1.54, 1.807) is 13.8 Å². The number of carbonyl (C=O) groups excluding carboxylic acids is 1. The minimum Gasteiger partial charge on any atom is -0.487 e. The lowest BCUT2D eigenvalue weighted by molar-refractivity contribution is -0.142. The lowest BCUT2D eigenvalue weighted by Gasteiger charge is -2.46. The maximum atomic E-state index is 13.7. The van der Waals surface area contributed by atoms with E-state index in [4.69, 9.17) is 4.74 Å². The predicted octanol–water partition coefficient (Wildman–Crippen LogP) is 8.36. The number of benzene rings is 2. The Kier molecular flexibility index (Phi) is 7.51. The maximum Gasteiger partial charge on any atom is 0.416 e. The zero-order valence-electron chi connectivity index (χ0n) is 23.0. The zero-order chi connectivity index (χ0) is 29.0. The first-order valence-corrected chi connectivity index (χ1v) is 14.0. The third-order valence-corrected chi connectivity index (χ3v) is 9.35. The standard InChI is InChI=1S/C31H35F6NO2/c1-18(20(3)39)28(22-5-6-22)23-7-4-21-10-11-29(40-27(21)16-23)12-14-38(15-13-29)19(2)25-17-24(30(32,33)34)8-9-26(25)31(35,36)37/h4,7-9,16-19,22,28H,5-6,10-15H2,1-3H3/t18-,19+,28+/m1/s1. The number of hydrogen-bond acceptors (Lipinski definition) is 3. The van der Waals surface area contributed by atoms with Crippen LogP contribution in [0.4, 0.5) is 26.3 Å². The van der Waals surface area contributed by atoms with E-state index in [9.17, 15) is 31.1 Å². The molecular formula is C31H35F6NO2. The lowest BCUT2D eigenvalue weighted by atomic mass is 9.79. The van der Waals surface area contributed by atoms with Crippen LogP contribution in [0.15, 0.2) is 36.4 Å². The molecule has 2 fully saturated rings. The van der Waals surface area contributed by atoms with Gasteiger partial charge in [-0.25, -0.2) is 0 Å². The number of hydrogen-bond donors (Lipinski definition) is 0. The lowest BCUT2D eigenvalue weighted by Crippen LogP contribution is -2.50. The van der Waals surface area contributed by atoms with Crippen LogP contribution in [0.5, 0.6) is 5.75 Å². The molecule has 0 bridgehead atoms. The average molecular weight is 568 g/mol. The molecule has 0 amide bonds. The first kappa shape index (κ1) is 29.0. The molecule has 5 rings (SSSR count). The van der Waals surface area contributed by atoms with Crippen molar-refractivity contribution in [2.45, 2.75) is 89.2 Å². The number of nitrogens with zero attached hydrogens (tertiary/aromatic N) is 1. The average Bonchev–Trinajstić information content (AvgIpc) is 3.72. The van der Waals surface area contributed by atoms with E-state index in [0.717, 1.165) is 42.6 Å². The highest BCUT2D eigenvalue weighted by molar-refractivity contribution is 5.79. The predicted molar refractivity (Wildman–Crippen MR) is 139 cm³/mol. The monoisotopic (exact) mass is 567 g/mol. The van der Waals surface area contributed by atoms with Crippen molar-refractivity contribution in [3.63, 3.8) is 0 Å². The maximum absolute atomic E-state index is 13.7. The van der Waals surface area contributed by atoms with Crippen molar-refractivity contribution in [2.24, 2.45) is 11.8 Å². The molecule has 9 heteroatoms. The number of rotatable bonds is 6. The summed E-state index contributed by atoms with van der Waals surface area (Å²) in [6.07, 6.45) is -4.54. The summed E-state index contributed by atoms with van der Waals surface area (Å²) in [5.41, 5.74) is -0.728. The number of fused-ring (bicyclic) bond motifs is 1. The van der Waals surface area contributed by atoms with Crippen LogP contribution in [0.1, 0.15) is 92.7 Å². The molecule has 1 saturated carbocycles. The molecule has 0 aromatic heterocycles. The smallest absolute Gasteiger partial charge is 0.416 e. The molecule has 40 heavy (non-hydrogen) atoms. The van der Waals surface area contributed by atoms with E-state index in [-0.39, 0.29) is 23.2 Å². The number of aryl methyl sites for hydroxylation is 1. The molecule has 2 aromatic rings. The highest BCUT2D eigenvalue weighted by atomic mass is 19.4. The summed E-state index contributed by atoms with van der Waals surface area (Å²) in [6, 6.07) is 7.11. The molecular weight excluding hydrogens is 532 g/mol. The summed E-state index contributed by atoms with van der Waals surface area (Å²) in [5, 5.41) is 0. The fourth-order valence-electron chi connectivity index (χ4n) is 6.61. The molecule has 2 aliphatic heterocycles. The van der Waals surface area contributed by atoms with Gasteiger partial charge in [-0.05, 0) is 105 Å². The molecule has 1 aliphatic carbocycles. The fraction of sp³-hybridized carbons (Fsp3) is 0.581. The Morgan fingerprint density at radius 1 is 0.950 bits per heavy atom. The third kappa shape index (κ3) is 5.76. The molecule has 2 heterocycles. The minimum absolute atomic E-state index is 0.0785. The molecule has 1 saturated heterocycles. The molecule has 218 valence electrons. The summed E-state index contributed by atoms with van der Waals surface area (Å²) in [7, 11) is 0. The fourth-order valence-corrected chi connectivity index (χ4v) is 6.61. The summed E-state index contributed by atoms with van der Waals surface area (Å²) in [6.45, 7) is 5.99. The van der Waals surface area contributed by atoms with Gasteiger partial charge in [-0.15, -0.1) is 0 Å². The number of carbonyl (C=O) groups is 1. The number of alkyl halides is 6. The summed E-state index contributed by atoms with van der Waals surface area (Å²) in [4.78, 5) is 14.0. The Balaban J connectivity index is 1.33. The summed E-state index contributed by atoms with van der Waals surface area (Å²) < 4.78 is 87.8. The number of ether oxygens (including phenoxy) is 1. The highest BCUT2D eigenvalue weighted by Crippen LogP contribution is 2.49. The second-order valence-corrected chi connectivity index (χ2v) is 11.9. The van der Waals surface area contributed by atoms with Crippen molar-refractivity contribution in [2.75, 3.05) is 13.1 Å². The number of ketones is 1. The van der Waals surface area contributed by atoms with Crippen molar-refractivity contribution < 1.29 is 35.9 Å².